The summed E-state index contributed by atoms with van der Waals surface area (Å²) in [6.45, 7) is 4.58. The van der Waals surface area contributed by atoms with Crippen LogP contribution in [0.4, 0.5) is 0 Å². The van der Waals surface area contributed by atoms with Crippen LogP contribution in [0.5, 0.6) is 0 Å². The minimum Gasteiger partial charge on any atom is -0.328 e. The van der Waals surface area contributed by atoms with Crippen molar-refractivity contribution in [1.82, 2.24) is 0 Å². The third-order valence-electron chi connectivity index (χ3n) is 3.51. The standard InChI is InChI=1S/C13H27N/c1-3-5-6-11(4-2)9-13(14)10-12-7-8-12/h11-13H,3-10,14H2,1-2H3. The Morgan fingerprint density at radius 2 is 2.00 bits per heavy atom. The molecule has 84 valence electrons. The van der Waals surface area contributed by atoms with E-state index in [1.54, 1.807) is 0 Å². The van der Waals surface area contributed by atoms with E-state index in [1.165, 1.54) is 51.4 Å². The molecule has 1 saturated carbocycles. The lowest BCUT2D eigenvalue weighted by molar-refractivity contribution is 0.368. The Morgan fingerprint density at radius 1 is 1.29 bits per heavy atom. The van der Waals surface area contributed by atoms with Gasteiger partial charge in [0.2, 0.25) is 0 Å². The summed E-state index contributed by atoms with van der Waals surface area (Å²) >= 11 is 0. The maximum Gasteiger partial charge on any atom is 0.00441 e. The molecule has 0 amide bonds. The number of rotatable bonds is 8. The highest BCUT2D eigenvalue weighted by Gasteiger charge is 2.24. The lowest BCUT2D eigenvalue weighted by atomic mass is 9.90. The van der Waals surface area contributed by atoms with Crippen LogP contribution in [0.1, 0.15) is 65.2 Å². The highest BCUT2D eigenvalue weighted by molar-refractivity contribution is 4.79. The maximum atomic E-state index is 6.16. The molecule has 0 saturated heterocycles. The van der Waals surface area contributed by atoms with Crippen LogP contribution in [0.2, 0.25) is 0 Å². The lowest BCUT2D eigenvalue weighted by Crippen LogP contribution is -2.24. The van der Waals surface area contributed by atoms with E-state index in [1.807, 2.05) is 0 Å². The van der Waals surface area contributed by atoms with Crippen molar-refractivity contribution in [2.45, 2.75) is 71.3 Å². The zero-order valence-electron chi connectivity index (χ0n) is 9.97. The van der Waals surface area contributed by atoms with Crippen LogP contribution in [0.15, 0.2) is 0 Å². The van der Waals surface area contributed by atoms with Gasteiger partial charge in [0.05, 0.1) is 0 Å². The number of hydrogen-bond acceptors (Lipinski definition) is 1. The molecule has 1 aliphatic rings. The minimum atomic E-state index is 0.490. The summed E-state index contributed by atoms with van der Waals surface area (Å²) in [5.74, 6) is 1.89. The summed E-state index contributed by atoms with van der Waals surface area (Å²) in [4.78, 5) is 0. The largest absolute Gasteiger partial charge is 0.328 e. The summed E-state index contributed by atoms with van der Waals surface area (Å²) in [5.41, 5.74) is 6.16. The molecule has 1 rings (SSSR count). The van der Waals surface area contributed by atoms with Crippen LogP contribution in [-0.2, 0) is 0 Å². The first-order valence-corrected chi connectivity index (χ1v) is 6.51. The van der Waals surface area contributed by atoms with Crippen LogP contribution in [0, 0.1) is 11.8 Å². The third-order valence-corrected chi connectivity index (χ3v) is 3.51. The second-order valence-electron chi connectivity index (χ2n) is 5.09. The van der Waals surface area contributed by atoms with Crippen molar-refractivity contribution in [3.05, 3.63) is 0 Å². The van der Waals surface area contributed by atoms with Crippen LogP contribution in [-0.4, -0.2) is 6.04 Å². The van der Waals surface area contributed by atoms with E-state index in [9.17, 15) is 0 Å². The van der Waals surface area contributed by atoms with Crippen molar-refractivity contribution in [3.8, 4) is 0 Å². The van der Waals surface area contributed by atoms with Gasteiger partial charge in [0, 0.05) is 6.04 Å². The first-order valence-electron chi connectivity index (χ1n) is 6.51. The Bertz CT molecular complexity index is 140. The van der Waals surface area contributed by atoms with Gasteiger partial charge in [-0.3, -0.25) is 0 Å². The molecular formula is C13H27N. The van der Waals surface area contributed by atoms with Gasteiger partial charge in [-0.25, -0.2) is 0 Å². The molecule has 1 aliphatic carbocycles. The maximum absolute atomic E-state index is 6.16. The third kappa shape index (κ3) is 4.99. The normalized spacial score (nSPS) is 20.8. The highest BCUT2D eigenvalue weighted by atomic mass is 14.6. The Kier molecular flexibility index (Phi) is 5.54. The average molecular weight is 197 g/mol. The van der Waals surface area contributed by atoms with Gasteiger partial charge in [0.1, 0.15) is 0 Å². The summed E-state index contributed by atoms with van der Waals surface area (Å²) in [5, 5.41) is 0. The van der Waals surface area contributed by atoms with Gasteiger partial charge in [-0.15, -0.1) is 0 Å². The zero-order valence-corrected chi connectivity index (χ0v) is 9.97. The molecule has 0 bridgehead atoms. The molecule has 0 aromatic carbocycles. The van der Waals surface area contributed by atoms with Crippen molar-refractivity contribution in [1.29, 1.82) is 0 Å². The molecule has 0 heterocycles. The fourth-order valence-corrected chi connectivity index (χ4v) is 2.29. The predicted octanol–water partition coefficient (Wildman–Crippen LogP) is 3.72. The fraction of sp³-hybridized carbons (Fsp3) is 1.00. The van der Waals surface area contributed by atoms with Crippen molar-refractivity contribution in [2.75, 3.05) is 0 Å². The first kappa shape index (κ1) is 12.0. The average Bonchev–Trinajstić information content (AvgIpc) is 2.95. The van der Waals surface area contributed by atoms with Gasteiger partial charge >= 0.3 is 0 Å². The van der Waals surface area contributed by atoms with Gasteiger partial charge in [-0.05, 0) is 24.7 Å². The van der Waals surface area contributed by atoms with Crippen LogP contribution >= 0.6 is 0 Å². The number of unbranched alkanes of at least 4 members (excludes halogenated alkanes) is 1. The van der Waals surface area contributed by atoms with E-state index in [4.69, 9.17) is 5.73 Å². The molecule has 1 nitrogen and oxygen atoms in total. The molecule has 2 N–H and O–H groups in total. The molecule has 1 fully saturated rings. The molecule has 0 aromatic heterocycles. The quantitative estimate of drug-likeness (QED) is 0.630. The Labute approximate surface area is 89.5 Å². The molecule has 2 unspecified atom stereocenters. The summed E-state index contributed by atoms with van der Waals surface area (Å²) in [7, 11) is 0. The SMILES string of the molecule is CCCCC(CC)CC(N)CC1CC1. The molecule has 0 aliphatic heterocycles. The van der Waals surface area contributed by atoms with Crippen LogP contribution in [0.25, 0.3) is 0 Å². The summed E-state index contributed by atoms with van der Waals surface area (Å²) in [6, 6.07) is 0.490. The Hall–Kier alpha value is -0.0400. The van der Waals surface area contributed by atoms with E-state index in [-0.39, 0.29) is 0 Å². The van der Waals surface area contributed by atoms with Gasteiger partial charge < -0.3 is 5.73 Å². The number of hydrogen-bond donors (Lipinski definition) is 1. The zero-order chi connectivity index (χ0) is 10.4. The van der Waals surface area contributed by atoms with Gasteiger partial charge in [0.15, 0.2) is 0 Å². The minimum absolute atomic E-state index is 0.490. The molecule has 2 atom stereocenters. The predicted molar refractivity (Wildman–Crippen MR) is 63.2 cm³/mol. The van der Waals surface area contributed by atoms with Crippen LogP contribution < -0.4 is 5.73 Å². The van der Waals surface area contributed by atoms with Crippen molar-refractivity contribution >= 4 is 0 Å². The smallest absolute Gasteiger partial charge is 0.00441 e. The number of nitrogens with two attached hydrogens (primary N) is 1. The lowest BCUT2D eigenvalue weighted by Gasteiger charge is -2.19. The second kappa shape index (κ2) is 6.44. The van der Waals surface area contributed by atoms with E-state index in [0.717, 1.165) is 11.8 Å². The Balaban J connectivity index is 2.09. The molecule has 1 heteroatoms. The highest BCUT2D eigenvalue weighted by Crippen LogP contribution is 2.34. The Morgan fingerprint density at radius 3 is 2.50 bits per heavy atom. The van der Waals surface area contributed by atoms with E-state index in [2.05, 4.69) is 13.8 Å². The molecule has 0 radical (unpaired) electrons. The second-order valence-corrected chi connectivity index (χ2v) is 5.09. The van der Waals surface area contributed by atoms with Gasteiger partial charge in [-0.2, -0.15) is 0 Å². The van der Waals surface area contributed by atoms with Gasteiger partial charge in [0.25, 0.3) is 0 Å². The topological polar surface area (TPSA) is 26.0 Å². The van der Waals surface area contributed by atoms with E-state index >= 15 is 0 Å². The molecule has 0 spiro atoms. The van der Waals surface area contributed by atoms with Crippen molar-refractivity contribution in [2.24, 2.45) is 17.6 Å². The molecular weight excluding hydrogens is 170 g/mol. The molecule has 14 heavy (non-hydrogen) atoms. The molecule has 0 aromatic rings. The van der Waals surface area contributed by atoms with Crippen LogP contribution in [0.3, 0.4) is 0 Å². The summed E-state index contributed by atoms with van der Waals surface area (Å²) in [6.07, 6.45) is 10.9. The van der Waals surface area contributed by atoms with Crippen molar-refractivity contribution < 1.29 is 0 Å². The van der Waals surface area contributed by atoms with Gasteiger partial charge in [-0.1, -0.05) is 52.4 Å². The fourth-order valence-electron chi connectivity index (χ4n) is 2.29. The van der Waals surface area contributed by atoms with E-state index in [0.29, 0.717) is 6.04 Å². The van der Waals surface area contributed by atoms with E-state index < -0.39 is 0 Å². The summed E-state index contributed by atoms with van der Waals surface area (Å²) < 4.78 is 0. The van der Waals surface area contributed by atoms with Crippen molar-refractivity contribution in [3.63, 3.8) is 0 Å². The first-order chi connectivity index (χ1) is 6.76. The monoisotopic (exact) mass is 197 g/mol.